The van der Waals surface area contributed by atoms with Crippen LogP contribution >= 0.6 is 0 Å². The topological polar surface area (TPSA) is 20.3 Å². The van der Waals surface area contributed by atoms with E-state index in [1.165, 1.54) is 5.57 Å². The van der Waals surface area contributed by atoms with E-state index < -0.39 is 0 Å². The van der Waals surface area contributed by atoms with Gasteiger partial charge < -0.3 is 4.90 Å². The molecule has 0 aromatic rings. The molecule has 0 fully saturated rings. The van der Waals surface area contributed by atoms with Crippen molar-refractivity contribution >= 4 is 5.91 Å². The predicted octanol–water partition coefficient (Wildman–Crippen LogP) is 3.63. The Morgan fingerprint density at radius 1 is 1.47 bits per heavy atom. The Kier molecular flexibility index (Phi) is 4.40. The third-order valence-corrected chi connectivity index (χ3v) is 3.48. The molecule has 1 aliphatic rings. The Balaban J connectivity index is 2.84. The van der Waals surface area contributed by atoms with Crippen molar-refractivity contribution in [2.45, 2.75) is 60.4 Å². The lowest BCUT2D eigenvalue weighted by Gasteiger charge is -2.40. The molecule has 2 nitrogen and oxygen atoms in total. The maximum atomic E-state index is 11.9. The molecule has 0 saturated heterocycles. The van der Waals surface area contributed by atoms with Crippen molar-refractivity contribution in [2.24, 2.45) is 11.3 Å². The average molecular weight is 237 g/mol. The largest absolute Gasteiger partial charge is 0.339 e. The van der Waals surface area contributed by atoms with Crippen LogP contribution in [-0.2, 0) is 4.79 Å². The minimum absolute atomic E-state index is 0.167. The van der Waals surface area contributed by atoms with Crippen molar-refractivity contribution in [3.05, 3.63) is 11.6 Å². The fraction of sp³-hybridized carbons (Fsp3) is 0.800. The molecule has 0 aromatic heterocycles. The molecule has 0 N–H and O–H groups in total. The predicted molar refractivity (Wildman–Crippen MR) is 72.8 cm³/mol. The van der Waals surface area contributed by atoms with Gasteiger partial charge in [-0.2, -0.15) is 0 Å². The Hall–Kier alpha value is -0.790. The molecule has 2 heteroatoms. The first-order valence-electron chi connectivity index (χ1n) is 6.63. The molecule has 98 valence electrons. The van der Waals surface area contributed by atoms with Gasteiger partial charge in [0.2, 0.25) is 5.91 Å². The molecule has 0 bridgehead atoms. The fourth-order valence-electron chi connectivity index (χ4n) is 2.55. The molecular formula is C15H27NO. The third kappa shape index (κ3) is 4.18. The first-order valence-corrected chi connectivity index (χ1v) is 6.63. The van der Waals surface area contributed by atoms with Crippen LogP contribution < -0.4 is 0 Å². The lowest BCUT2D eigenvalue weighted by molar-refractivity contribution is -0.133. The zero-order valence-corrected chi connectivity index (χ0v) is 12.2. The number of nitrogens with zero attached hydrogens (tertiary/aromatic N) is 1. The molecular weight excluding hydrogens is 210 g/mol. The molecule has 17 heavy (non-hydrogen) atoms. The molecule has 0 radical (unpaired) electrons. The molecule has 0 aromatic carbocycles. The summed E-state index contributed by atoms with van der Waals surface area (Å²) in [5.74, 6) is 0.788. The second kappa shape index (κ2) is 5.24. The Morgan fingerprint density at radius 2 is 2.06 bits per heavy atom. The highest BCUT2D eigenvalue weighted by molar-refractivity contribution is 5.73. The van der Waals surface area contributed by atoms with Crippen LogP contribution in [0.4, 0.5) is 0 Å². The summed E-state index contributed by atoms with van der Waals surface area (Å²) in [7, 11) is 0. The minimum Gasteiger partial charge on any atom is -0.339 e. The van der Waals surface area contributed by atoms with Crippen molar-refractivity contribution in [2.75, 3.05) is 6.54 Å². The van der Waals surface area contributed by atoms with Crippen molar-refractivity contribution in [1.29, 1.82) is 0 Å². The molecule has 0 saturated carbocycles. The van der Waals surface area contributed by atoms with Crippen LogP contribution in [-0.4, -0.2) is 23.4 Å². The van der Waals surface area contributed by atoms with Crippen LogP contribution in [0.3, 0.4) is 0 Å². The van der Waals surface area contributed by atoms with E-state index >= 15 is 0 Å². The van der Waals surface area contributed by atoms with E-state index in [1.54, 1.807) is 6.92 Å². The Labute approximate surface area is 106 Å². The second-order valence-electron chi connectivity index (χ2n) is 6.74. The maximum Gasteiger partial charge on any atom is 0.219 e. The van der Waals surface area contributed by atoms with Crippen LogP contribution in [0.1, 0.15) is 54.4 Å². The van der Waals surface area contributed by atoms with Gasteiger partial charge in [-0.15, -0.1) is 0 Å². The molecule has 0 heterocycles. The summed E-state index contributed by atoms with van der Waals surface area (Å²) >= 11 is 0. The van der Waals surface area contributed by atoms with Gasteiger partial charge in [-0.3, -0.25) is 4.79 Å². The van der Waals surface area contributed by atoms with Gasteiger partial charge in [0.1, 0.15) is 0 Å². The zero-order valence-electron chi connectivity index (χ0n) is 12.2. The normalized spacial score (nSPS) is 25.4. The first kappa shape index (κ1) is 14.3. The third-order valence-electron chi connectivity index (χ3n) is 3.48. The summed E-state index contributed by atoms with van der Waals surface area (Å²) in [5, 5.41) is 0. The SMILES string of the molecule is CC(=O)N(CC(C)(C)C)C1CC(C)=CC[C@H]1C. The first-order chi connectivity index (χ1) is 7.70. The number of carbonyl (C=O) groups excluding carboxylic acids is 1. The monoisotopic (exact) mass is 237 g/mol. The van der Waals surface area contributed by atoms with Gasteiger partial charge >= 0.3 is 0 Å². The van der Waals surface area contributed by atoms with E-state index in [0.717, 1.165) is 19.4 Å². The van der Waals surface area contributed by atoms with E-state index in [9.17, 15) is 4.79 Å². The molecule has 1 amide bonds. The maximum absolute atomic E-state index is 11.9. The van der Waals surface area contributed by atoms with E-state index in [0.29, 0.717) is 12.0 Å². The van der Waals surface area contributed by atoms with Crippen molar-refractivity contribution in [3.63, 3.8) is 0 Å². The van der Waals surface area contributed by atoms with Gasteiger partial charge in [0, 0.05) is 19.5 Å². The van der Waals surface area contributed by atoms with Crippen LogP contribution in [0.2, 0.25) is 0 Å². The van der Waals surface area contributed by atoms with Gasteiger partial charge in [0.15, 0.2) is 0 Å². The van der Waals surface area contributed by atoms with Crippen LogP contribution in [0.25, 0.3) is 0 Å². The summed E-state index contributed by atoms with van der Waals surface area (Å²) in [5.41, 5.74) is 1.59. The molecule has 0 aliphatic heterocycles. The van der Waals surface area contributed by atoms with E-state index in [1.807, 2.05) is 0 Å². The van der Waals surface area contributed by atoms with Crippen LogP contribution in [0.15, 0.2) is 11.6 Å². The quantitative estimate of drug-likeness (QED) is 0.672. The standard InChI is InChI=1S/C15H27NO/c1-11-7-8-12(2)14(9-11)16(13(3)17)10-15(4,5)6/h7,12,14H,8-10H2,1-6H3/t12-,14?/m1/s1. The number of hydrogen-bond donors (Lipinski definition) is 0. The Bertz CT molecular complexity index is 311. The minimum atomic E-state index is 0.167. The van der Waals surface area contributed by atoms with Gasteiger partial charge in [-0.1, -0.05) is 39.3 Å². The molecule has 1 rings (SSSR count). The smallest absolute Gasteiger partial charge is 0.219 e. The fourth-order valence-corrected chi connectivity index (χ4v) is 2.55. The summed E-state index contributed by atoms with van der Waals surface area (Å²) in [6, 6.07) is 0.386. The van der Waals surface area contributed by atoms with Crippen molar-refractivity contribution in [3.8, 4) is 0 Å². The van der Waals surface area contributed by atoms with Crippen LogP contribution in [0, 0.1) is 11.3 Å². The second-order valence-corrected chi connectivity index (χ2v) is 6.74. The number of hydrogen-bond acceptors (Lipinski definition) is 1. The number of allylic oxidation sites excluding steroid dienone is 1. The van der Waals surface area contributed by atoms with E-state index in [2.05, 4.69) is 45.6 Å². The van der Waals surface area contributed by atoms with Crippen molar-refractivity contribution < 1.29 is 4.79 Å². The zero-order chi connectivity index (χ0) is 13.2. The molecule has 0 spiro atoms. The molecule has 1 unspecified atom stereocenters. The number of amides is 1. The van der Waals surface area contributed by atoms with Gasteiger partial charge in [0.05, 0.1) is 0 Å². The average Bonchev–Trinajstić information content (AvgIpc) is 2.17. The van der Waals surface area contributed by atoms with Gasteiger partial charge in [-0.05, 0) is 31.1 Å². The lowest BCUT2D eigenvalue weighted by Crippen LogP contribution is -2.47. The highest BCUT2D eigenvalue weighted by atomic mass is 16.2. The lowest BCUT2D eigenvalue weighted by atomic mass is 9.84. The summed E-state index contributed by atoms with van der Waals surface area (Å²) in [4.78, 5) is 14.0. The van der Waals surface area contributed by atoms with E-state index in [-0.39, 0.29) is 11.3 Å². The van der Waals surface area contributed by atoms with Gasteiger partial charge in [0.25, 0.3) is 0 Å². The van der Waals surface area contributed by atoms with E-state index in [4.69, 9.17) is 0 Å². The Morgan fingerprint density at radius 3 is 2.53 bits per heavy atom. The number of carbonyl (C=O) groups is 1. The summed E-state index contributed by atoms with van der Waals surface area (Å²) < 4.78 is 0. The van der Waals surface area contributed by atoms with Crippen LogP contribution in [0.5, 0.6) is 0 Å². The highest BCUT2D eigenvalue weighted by Gasteiger charge is 2.31. The highest BCUT2D eigenvalue weighted by Crippen LogP contribution is 2.30. The number of rotatable bonds is 2. The van der Waals surface area contributed by atoms with Gasteiger partial charge in [-0.25, -0.2) is 0 Å². The molecule has 1 aliphatic carbocycles. The summed E-state index contributed by atoms with van der Waals surface area (Å²) in [6.07, 6.45) is 4.46. The van der Waals surface area contributed by atoms with Crippen molar-refractivity contribution in [1.82, 2.24) is 4.90 Å². The molecule has 2 atom stereocenters. The summed E-state index contributed by atoms with van der Waals surface area (Å²) in [6.45, 7) is 13.6.